The van der Waals surface area contributed by atoms with E-state index < -0.39 is 15.3 Å². The maximum absolute atomic E-state index is 6.26. The zero-order valence-electron chi connectivity index (χ0n) is 16.3. The summed E-state index contributed by atoms with van der Waals surface area (Å²) < 4.78 is 37.0. The molecule has 0 bridgehead atoms. The van der Waals surface area contributed by atoms with Gasteiger partial charge in [-0.15, -0.1) is 0 Å². The zero-order valence-corrected chi connectivity index (χ0v) is 18.3. The molecule has 0 amide bonds. The first-order valence-electron chi connectivity index (χ1n) is 8.63. The van der Waals surface area contributed by atoms with Crippen LogP contribution in [0.25, 0.3) is 0 Å². The van der Waals surface area contributed by atoms with E-state index in [1.165, 1.54) is 0 Å². The maximum atomic E-state index is 6.26. The SMILES string of the molecule is CCO[PH](OCC)(OCC)[PH](OC(C)C)(OC(C)C)OC(C)C. The van der Waals surface area contributed by atoms with Crippen molar-refractivity contribution in [2.24, 2.45) is 0 Å². The van der Waals surface area contributed by atoms with Crippen LogP contribution in [-0.4, -0.2) is 38.1 Å². The van der Waals surface area contributed by atoms with Crippen molar-refractivity contribution in [3.63, 3.8) is 0 Å². The van der Waals surface area contributed by atoms with Gasteiger partial charge in [0.25, 0.3) is 0 Å². The van der Waals surface area contributed by atoms with E-state index in [1.54, 1.807) is 0 Å². The first-order chi connectivity index (χ1) is 10.7. The average Bonchev–Trinajstić information content (AvgIpc) is 2.36. The summed E-state index contributed by atoms with van der Waals surface area (Å²) >= 11 is 0. The van der Waals surface area contributed by atoms with Gasteiger partial charge in [0.05, 0.1) is 0 Å². The molecule has 0 atom stereocenters. The van der Waals surface area contributed by atoms with E-state index in [-0.39, 0.29) is 18.3 Å². The van der Waals surface area contributed by atoms with E-state index in [4.69, 9.17) is 27.1 Å². The summed E-state index contributed by atoms with van der Waals surface area (Å²) in [7, 11) is -6.65. The monoisotopic (exact) mass is 376 g/mol. The number of hydrogen-bond donors (Lipinski definition) is 0. The Bertz CT molecular complexity index is 269. The van der Waals surface area contributed by atoms with Crippen molar-refractivity contribution in [1.82, 2.24) is 0 Å². The Morgan fingerprint density at radius 3 is 0.957 bits per heavy atom. The number of rotatable bonds is 13. The van der Waals surface area contributed by atoms with Gasteiger partial charge in [-0.3, -0.25) is 0 Å². The van der Waals surface area contributed by atoms with Crippen molar-refractivity contribution in [1.29, 1.82) is 0 Å². The van der Waals surface area contributed by atoms with Gasteiger partial charge in [-0.25, -0.2) is 0 Å². The molecule has 0 unspecified atom stereocenters. The Hall–Kier alpha value is 0.620. The molecule has 0 aliphatic carbocycles. The van der Waals surface area contributed by atoms with Crippen LogP contribution in [0.15, 0.2) is 0 Å². The van der Waals surface area contributed by atoms with Crippen molar-refractivity contribution in [2.45, 2.75) is 80.6 Å². The van der Waals surface area contributed by atoms with Crippen LogP contribution in [0.3, 0.4) is 0 Å². The molecule has 0 aliphatic rings. The van der Waals surface area contributed by atoms with Crippen molar-refractivity contribution in [2.75, 3.05) is 19.8 Å². The quantitative estimate of drug-likeness (QED) is 0.408. The van der Waals surface area contributed by atoms with Gasteiger partial charge >= 0.3 is 143 Å². The van der Waals surface area contributed by atoms with Crippen LogP contribution < -0.4 is 0 Å². The van der Waals surface area contributed by atoms with Gasteiger partial charge in [0.2, 0.25) is 0 Å². The predicted molar refractivity (Wildman–Crippen MR) is 100 cm³/mol. The third-order valence-corrected chi connectivity index (χ3v) is 12.3. The van der Waals surface area contributed by atoms with Gasteiger partial charge in [0.15, 0.2) is 0 Å². The molecule has 8 heteroatoms. The van der Waals surface area contributed by atoms with Crippen LogP contribution in [0, 0.1) is 0 Å². The van der Waals surface area contributed by atoms with Crippen LogP contribution in [0.2, 0.25) is 0 Å². The molecule has 0 N–H and O–H groups in total. The van der Waals surface area contributed by atoms with Gasteiger partial charge in [-0.05, 0) is 0 Å². The van der Waals surface area contributed by atoms with E-state index in [9.17, 15) is 0 Å². The summed E-state index contributed by atoms with van der Waals surface area (Å²) in [5.41, 5.74) is 0. The molecule has 0 fully saturated rings. The minimum absolute atomic E-state index is 0.0904. The molecule has 0 saturated heterocycles. The summed E-state index contributed by atoms with van der Waals surface area (Å²) in [6, 6.07) is 0. The first-order valence-corrected chi connectivity index (χ1v) is 13.1. The fourth-order valence-electron chi connectivity index (χ4n) is 2.19. The number of hydrogen-bond acceptors (Lipinski definition) is 6. The molecule has 0 aromatic carbocycles. The van der Waals surface area contributed by atoms with Gasteiger partial charge < -0.3 is 0 Å². The normalized spacial score (nSPS) is 15.0. The summed E-state index contributed by atoms with van der Waals surface area (Å²) in [4.78, 5) is 0. The second kappa shape index (κ2) is 11.3. The van der Waals surface area contributed by atoms with Crippen molar-refractivity contribution < 1.29 is 27.1 Å². The third-order valence-electron chi connectivity index (χ3n) is 2.55. The van der Waals surface area contributed by atoms with E-state index in [2.05, 4.69) is 0 Å². The van der Waals surface area contributed by atoms with Crippen LogP contribution in [0.1, 0.15) is 62.3 Å². The summed E-state index contributed by atoms with van der Waals surface area (Å²) in [6.07, 6.45) is -0.271. The van der Waals surface area contributed by atoms with E-state index >= 15 is 0 Å². The molecule has 23 heavy (non-hydrogen) atoms. The molecule has 0 radical (unpaired) electrons. The third kappa shape index (κ3) is 7.17. The molecule has 0 rings (SSSR count). The molecular formula is C15H38O6P2. The van der Waals surface area contributed by atoms with E-state index in [1.807, 2.05) is 62.3 Å². The van der Waals surface area contributed by atoms with Crippen LogP contribution in [0.4, 0.5) is 0 Å². The Labute approximate surface area is 143 Å². The summed E-state index contributed by atoms with van der Waals surface area (Å²) in [6.45, 7) is 18.8. The van der Waals surface area contributed by atoms with Gasteiger partial charge in [0.1, 0.15) is 0 Å². The molecule has 0 saturated carbocycles. The molecule has 0 aliphatic heterocycles. The summed E-state index contributed by atoms with van der Waals surface area (Å²) in [5.74, 6) is 0. The van der Waals surface area contributed by atoms with E-state index in [0.717, 1.165) is 0 Å². The van der Waals surface area contributed by atoms with Crippen LogP contribution >= 0.6 is 15.3 Å². The van der Waals surface area contributed by atoms with Crippen LogP contribution in [-0.2, 0) is 27.1 Å². The van der Waals surface area contributed by atoms with Crippen molar-refractivity contribution >= 4 is 15.3 Å². The fourth-order valence-corrected chi connectivity index (χ4v) is 12.9. The molecule has 0 aromatic heterocycles. The van der Waals surface area contributed by atoms with Gasteiger partial charge in [-0.1, -0.05) is 0 Å². The van der Waals surface area contributed by atoms with Crippen molar-refractivity contribution in [3.8, 4) is 0 Å². The van der Waals surface area contributed by atoms with E-state index in [0.29, 0.717) is 19.8 Å². The van der Waals surface area contributed by atoms with Crippen molar-refractivity contribution in [3.05, 3.63) is 0 Å². The molecule has 0 aromatic rings. The Kier molecular flexibility index (Phi) is 11.6. The van der Waals surface area contributed by atoms with Crippen LogP contribution in [0.5, 0.6) is 0 Å². The molecule has 0 spiro atoms. The standard InChI is InChI=1S/C15H38O6P2/c1-10-16-22(17-11-2,18-12-3)23(19-13(4)5,20-14(6)7)21-15(8)9/h13-15,22-23H,10-12H2,1-9H3. The first kappa shape index (κ1) is 23.6. The Morgan fingerprint density at radius 2 is 0.783 bits per heavy atom. The topological polar surface area (TPSA) is 55.4 Å². The van der Waals surface area contributed by atoms with Gasteiger partial charge in [-0.2, -0.15) is 0 Å². The predicted octanol–water partition coefficient (Wildman–Crippen LogP) is 5.28. The average molecular weight is 376 g/mol. The fraction of sp³-hybridized carbons (Fsp3) is 1.00. The second-order valence-corrected chi connectivity index (χ2v) is 13.4. The zero-order chi connectivity index (χ0) is 18.1. The van der Waals surface area contributed by atoms with Gasteiger partial charge in [0, 0.05) is 0 Å². The minimum atomic E-state index is -3.36. The second-order valence-electron chi connectivity index (χ2n) is 5.91. The Balaban J connectivity index is 6.08. The molecular weight excluding hydrogens is 338 g/mol. The molecule has 0 heterocycles. The summed E-state index contributed by atoms with van der Waals surface area (Å²) in [5, 5.41) is 0. The molecule has 144 valence electrons. The molecule has 6 nitrogen and oxygen atoms in total. The Morgan fingerprint density at radius 1 is 0.522 bits per heavy atom.